The second kappa shape index (κ2) is 5.97. The number of nitro groups is 1. The number of nitrogens with two attached hydrogens (primary N) is 1. The van der Waals surface area contributed by atoms with E-state index in [0.717, 1.165) is 11.8 Å². The molecule has 0 radical (unpaired) electrons. The number of carbonyl (C=O) groups is 1. The lowest BCUT2D eigenvalue weighted by Gasteiger charge is -2.07. The highest BCUT2D eigenvalue weighted by molar-refractivity contribution is 6.04. The highest BCUT2D eigenvalue weighted by Crippen LogP contribution is 2.24. The van der Waals surface area contributed by atoms with Gasteiger partial charge in [-0.15, -0.1) is 0 Å². The molecule has 1 aromatic heterocycles. The van der Waals surface area contributed by atoms with Crippen molar-refractivity contribution in [2.45, 2.75) is 6.92 Å². The number of nitrogens with zero attached hydrogens (tertiary/aromatic N) is 2. The topological polar surface area (TPSA) is 123 Å². The molecule has 8 heteroatoms. The van der Waals surface area contributed by atoms with Crippen molar-refractivity contribution in [3.63, 3.8) is 0 Å². The van der Waals surface area contributed by atoms with Crippen molar-refractivity contribution in [2.24, 2.45) is 5.84 Å². The fourth-order valence-corrected chi connectivity index (χ4v) is 1.75. The van der Waals surface area contributed by atoms with E-state index in [0.29, 0.717) is 5.82 Å². The molecular formula is C13H13N5O3. The molecule has 1 amide bonds. The molecule has 0 atom stereocenters. The highest BCUT2D eigenvalue weighted by Gasteiger charge is 2.17. The lowest BCUT2D eigenvalue weighted by Crippen LogP contribution is -2.14. The number of nitrogens with one attached hydrogen (secondary N) is 2. The van der Waals surface area contributed by atoms with Gasteiger partial charge in [0, 0.05) is 17.3 Å². The van der Waals surface area contributed by atoms with E-state index in [2.05, 4.69) is 15.7 Å². The maximum Gasteiger partial charge on any atom is 0.294 e. The van der Waals surface area contributed by atoms with Gasteiger partial charge in [0.25, 0.3) is 11.6 Å². The third kappa shape index (κ3) is 3.31. The quantitative estimate of drug-likeness (QED) is 0.448. The lowest BCUT2D eigenvalue weighted by molar-refractivity contribution is -0.384. The van der Waals surface area contributed by atoms with Gasteiger partial charge in [-0.1, -0.05) is 6.07 Å². The van der Waals surface area contributed by atoms with Crippen molar-refractivity contribution in [1.82, 2.24) is 4.98 Å². The summed E-state index contributed by atoms with van der Waals surface area (Å²) in [5.41, 5.74) is 2.96. The fourth-order valence-electron chi connectivity index (χ4n) is 1.75. The molecule has 8 nitrogen and oxygen atoms in total. The van der Waals surface area contributed by atoms with Crippen molar-refractivity contribution in [3.05, 3.63) is 57.8 Å². The molecule has 0 spiro atoms. The maximum atomic E-state index is 12.1. The van der Waals surface area contributed by atoms with Crippen LogP contribution >= 0.6 is 0 Å². The molecule has 1 heterocycles. The van der Waals surface area contributed by atoms with Gasteiger partial charge in [0.2, 0.25) is 0 Å². The number of pyridine rings is 1. The van der Waals surface area contributed by atoms with Gasteiger partial charge in [0.15, 0.2) is 0 Å². The molecule has 0 unspecified atom stereocenters. The van der Waals surface area contributed by atoms with Gasteiger partial charge < -0.3 is 10.7 Å². The Hall–Kier alpha value is -3.00. The zero-order valence-corrected chi connectivity index (χ0v) is 11.2. The lowest BCUT2D eigenvalue weighted by atomic mass is 10.1. The molecule has 0 aliphatic heterocycles. The largest absolute Gasteiger partial charge is 0.318 e. The van der Waals surface area contributed by atoms with Crippen LogP contribution in [0.15, 0.2) is 36.4 Å². The van der Waals surface area contributed by atoms with Crippen molar-refractivity contribution in [1.29, 1.82) is 0 Å². The van der Waals surface area contributed by atoms with Crippen LogP contribution in [0.5, 0.6) is 0 Å². The predicted molar refractivity (Wildman–Crippen MR) is 77.8 cm³/mol. The SMILES string of the molecule is Cc1cccc(NC(=O)c2ccc(NN)c([N+](=O)[O-])c2)n1. The molecule has 0 aliphatic carbocycles. The van der Waals surface area contributed by atoms with E-state index in [1.54, 1.807) is 25.1 Å². The summed E-state index contributed by atoms with van der Waals surface area (Å²) in [5.74, 6) is 5.08. The summed E-state index contributed by atoms with van der Waals surface area (Å²) >= 11 is 0. The Bertz CT molecular complexity index is 702. The summed E-state index contributed by atoms with van der Waals surface area (Å²) in [6, 6.07) is 9.14. The van der Waals surface area contributed by atoms with E-state index in [-0.39, 0.29) is 16.9 Å². The van der Waals surface area contributed by atoms with Gasteiger partial charge in [-0.2, -0.15) is 0 Å². The van der Waals surface area contributed by atoms with Crippen LogP contribution < -0.4 is 16.6 Å². The minimum absolute atomic E-state index is 0.130. The van der Waals surface area contributed by atoms with Crippen LogP contribution in [0.25, 0.3) is 0 Å². The van der Waals surface area contributed by atoms with E-state index >= 15 is 0 Å². The average molecular weight is 287 g/mol. The second-order valence-electron chi connectivity index (χ2n) is 4.25. The zero-order valence-electron chi connectivity index (χ0n) is 11.2. The van der Waals surface area contributed by atoms with Gasteiger partial charge in [-0.05, 0) is 31.2 Å². The first kappa shape index (κ1) is 14.4. The number of anilines is 2. The van der Waals surface area contributed by atoms with E-state index in [4.69, 9.17) is 5.84 Å². The molecule has 4 N–H and O–H groups in total. The molecule has 108 valence electrons. The minimum Gasteiger partial charge on any atom is -0.318 e. The highest BCUT2D eigenvalue weighted by atomic mass is 16.6. The third-order valence-corrected chi connectivity index (χ3v) is 2.74. The molecule has 0 fully saturated rings. The van der Waals surface area contributed by atoms with Crippen LogP contribution in [0, 0.1) is 17.0 Å². The number of nitrogen functional groups attached to an aromatic ring is 1. The first-order valence-corrected chi connectivity index (χ1v) is 6.01. The molecule has 0 bridgehead atoms. The Morgan fingerprint density at radius 2 is 2.10 bits per heavy atom. The third-order valence-electron chi connectivity index (χ3n) is 2.74. The number of aryl methyl sites for hydroxylation is 1. The molecule has 1 aromatic carbocycles. The smallest absolute Gasteiger partial charge is 0.294 e. The zero-order chi connectivity index (χ0) is 15.4. The Kier molecular flexibility index (Phi) is 4.10. The van der Waals surface area contributed by atoms with E-state index in [9.17, 15) is 14.9 Å². The summed E-state index contributed by atoms with van der Waals surface area (Å²) in [6.45, 7) is 1.79. The summed E-state index contributed by atoms with van der Waals surface area (Å²) in [6.07, 6.45) is 0. The van der Waals surface area contributed by atoms with E-state index < -0.39 is 10.8 Å². The average Bonchev–Trinajstić information content (AvgIpc) is 2.46. The number of benzene rings is 1. The number of amides is 1. The molecular weight excluding hydrogens is 274 g/mol. The monoisotopic (exact) mass is 287 g/mol. The summed E-state index contributed by atoms with van der Waals surface area (Å²) in [5, 5.41) is 13.5. The van der Waals surface area contributed by atoms with Crippen molar-refractivity contribution in [2.75, 3.05) is 10.7 Å². The summed E-state index contributed by atoms with van der Waals surface area (Å²) in [4.78, 5) is 26.5. The molecule has 0 saturated heterocycles. The van der Waals surface area contributed by atoms with E-state index in [1.807, 2.05) is 0 Å². The molecule has 2 rings (SSSR count). The Morgan fingerprint density at radius 3 is 2.71 bits per heavy atom. The number of hydrogen-bond donors (Lipinski definition) is 3. The van der Waals surface area contributed by atoms with Crippen LogP contribution in [-0.4, -0.2) is 15.8 Å². The Balaban J connectivity index is 2.27. The standard InChI is InChI=1S/C13H13N5O3/c1-8-3-2-4-12(15-8)16-13(19)9-5-6-10(17-14)11(7-9)18(20)21/h2-7,17H,14H2,1H3,(H,15,16,19). The normalized spacial score (nSPS) is 10.0. The Morgan fingerprint density at radius 1 is 1.33 bits per heavy atom. The van der Waals surface area contributed by atoms with Gasteiger partial charge >= 0.3 is 0 Å². The van der Waals surface area contributed by atoms with Crippen LogP contribution in [0.4, 0.5) is 17.2 Å². The first-order valence-electron chi connectivity index (χ1n) is 6.01. The minimum atomic E-state index is -0.614. The van der Waals surface area contributed by atoms with Gasteiger partial charge in [-0.25, -0.2) is 4.98 Å². The van der Waals surface area contributed by atoms with Gasteiger partial charge in [0.05, 0.1) is 4.92 Å². The van der Waals surface area contributed by atoms with Gasteiger partial charge in [-0.3, -0.25) is 20.8 Å². The van der Waals surface area contributed by atoms with Crippen molar-refractivity contribution >= 4 is 23.1 Å². The molecule has 0 saturated carbocycles. The van der Waals surface area contributed by atoms with E-state index in [1.165, 1.54) is 12.1 Å². The summed E-state index contributed by atoms with van der Waals surface area (Å²) < 4.78 is 0. The van der Waals surface area contributed by atoms with Crippen LogP contribution in [0.3, 0.4) is 0 Å². The van der Waals surface area contributed by atoms with Crippen LogP contribution in [0.2, 0.25) is 0 Å². The Labute approximate surface area is 120 Å². The number of rotatable bonds is 4. The molecule has 21 heavy (non-hydrogen) atoms. The predicted octanol–water partition coefficient (Wildman–Crippen LogP) is 1.84. The van der Waals surface area contributed by atoms with Crippen molar-refractivity contribution in [3.8, 4) is 0 Å². The summed E-state index contributed by atoms with van der Waals surface area (Å²) in [7, 11) is 0. The second-order valence-corrected chi connectivity index (χ2v) is 4.25. The number of aromatic nitrogens is 1. The number of hydrazine groups is 1. The first-order chi connectivity index (χ1) is 10.0. The van der Waals surface area contributed by atoms with Gasteiger partial charge in [0.1, 0.15) is 11.5 Å². The van der Waals surface area contributed by atoms with Crippen LogP contribution in [-0.2, 0) is 0 Å². The van der Waals surface area contributed by atoms with Crippen LogP contribution in [0.1, 0.15) is 16.1 Å². The van der Waals surface area contributed by atoms with Crippen molar-refractivity contribution < 1.29 is 9.72 Å². The number of carbonyl (C=O) groups excluding carboxylic acids is 1. The number of nitro benzene ring substituents is 1. The fraction of sp³-hybridized carbons (Fsp3) is 0.0769. The molecule has 2 aromatic rings. The molecule has 0 aliphatic rings. The number of hydrogen-bond acceptors (Lipinski definition) is 6. The maximum absolute atomic E-state index is 12.1.